The standard InChI is InChI=1S/C20H28N2O3/c23-15-18(20(25)21-17-11-7-2-1-3-8-12-17)22-19(24)14-13-16-9-5-4-6-10-16/h4-6,9-10,13-14,17-18,23H,1-3,7-8,11-12,15H2,(H,21,25)(H,22,24). The average Bonchev–Trinajstić information content (AvgIpc) is 2.60. The molecule has 136 valence electrons. The van der Waals surface area contributed by atoms with Crippen molar-refractivity contribution in [1.29, 1.82) is 0 Å². The lowest BCUT2D eigenvalue weighted by Crippen LogP contribution is -2.51. The third-order valence-electron chi connectivity index (χ3n) is 4.49. The van der Waals surface area contributed by atoms with E-state index in [1.165, 1.54) is 25.3 Å². The number of hydrogen-bond acceptors (Lipinski definition) is 3. The van der Waals surface area contributed by atoms with Crippen molar-refractivity contribution in [3.05, 3.63) is 42.0 Å². The van der Waals surface area contributed by atoms with Crippen molar-refractivity contribution in [2.75, 3.05) is 6.61 Å². The maximum atomic E-state index is 12.3. The third-order valence-corrected chi connectivity index (χ3v) is 4.49. The van der Waals surface area contributed by atoms with E-state index in [1.807, 2.05) is 30.3 Å². The van der Waals surface area contributed by atoms with Crippen LogP contribution in [0.25, 0.3) is 6.08 Å². The lowest BCUT2D eigenvalue weighted by atomic mass is 9.96. The Kier molecular flexibility index (Phi) is 8.19. The fourth-order valence-corrected chi connectivity index (χ4v) is 3.05. The molecule has 0 radical (unpaired) electrons. The number of nitrogens with one attached hydrogen (secondary N) is 2. The summed E-state index contributed by atoms with van der Waals surface area (Å²) in [6, 6.07) is 8.66. The minimum atomic E-state index is -0.918. The monoisotopic (exact) mass is 344 g/mol. The highest BCUT2D eigenvalue weighted by Crippen LogP contribution is 2.17. The summed E-state index contributed by atoms with van der Waals surface area (Å²) in [4.78, 5) is 24.3. The summed E-state index contributed by atoms with van der Waals surface area (Å²) in [7, 11) is 0. The summed E-state index contributed by atoms with van der Waals surface area (Å²) in [5.74, 6) is -0.703. The van der Waals surface area contributed by atoms with Crippen molar-refractivity contribution in [2.45, 2.75) is 57.0 Å². The molecule has 1 aromatic rings. The fourth-order valence-electron chi connectivity index (χ4n) is 3.05. The molecule has 0 bridgehead atoms. The molecule has 1 atom stereocenters. The maximum Gasteiger partial charge on any atom is 0.245 e. The Hall–Kier alpha value is -2.14. The number of carbonyl (C=O) groups is 2. The highest BCUT2D eigenvalue weighted by Gasteiger charge is 2.22. The van der Waals surface area contributed by atoms with Crippen molar-refractivity contribution in [1.82, 2.24) is 10.6 Å². The van der Waals surface area contributed by atoms with Crippen LogP contribution < -0.4 is 10.6 Å². The van der Waals surface area contributed by atoms with Gasteiger partial charge in [0.25, 0.3) is 0 Å². The Labute approximate surface area is 149 Å². The van der Waals surface area contributed by atoms with Gasteiger partial charge < -0.3 is 15.7 Å². The van der Waals surface area contributed by atoms with Crippen molar-refractivity contribution < 1.29 is 14.7 Å². The summed E-state index contributed by atoms with van der Waals surface area (Å²) >= 11 is 0. The molecule has 0 heterocycles. The van der Waals surface area contributed by atoms with E-state index in [0.717, 1.165) is 31.2 Å². The van der Waals surface area contributed by atoms with Gasteiger partial charge in [0.15, 0.2) is 0 Å². The van der Waals surface area contributed by atoms with Crippen molar-refractivity contribution in [2.24, 2.45) is 0 Å². The van der Waals surface area contributed by atoms with E-state index in [2.05, 4.69) is 10.6 Å². The molecule has 1 aliphatic rings. The third kappa shape index (κ3) is 7.10. The van der Waals surface area contributed by atoms with Crippen LogP contribution >= 0.6 is 0 Å². The van der Waals surface area contributed by atoms with Crippen molar-refractivity contribution >= 4 is 17.9 Å². The molecule has 1 aromatic carbocycles. The lowest BCUT2D eigenvalue weighted by molar-refractivity contribution is -0.128. The second kappa shape index (κ2) is 10.7. The van der Waals surface area contributed by atoms with Gasteiger partial charge in [0.2, 0.25) is 11.8 Å². The average molecular weight is 344 g/mol. The van der Waals surface area contributed by atoms with E-state index in [4.69, 9.17) is 0 Å². The Morgan fingerprint density at radius 1 is 1.08 bits per heavy atom. The van der Waals surface area contributed by atoms with Crippen LogP contribution in [0.1, 0.15) is 50.5 Å². The van der Waals surface area contributed by atoms with Crippen molar-refractivity contribution in [3.8, 4) is 0 Å². The molecule has 1 saturated carbocycles. The predicted octanol–water partition coefficient (Wildman–Crippen LogP) is 2.41. The maximum absolute atomic E-state index is 12.3. The second-order valence-corrected chi connectivity index (χ2v) is 6.54. The van der Waals surface area contributed by atoms with Gasteiger partial charge in [-0.3, -0.25) is 9.59 Å². The molecule has 1 fully saturated rings. The van der Waals surface area contributed by atoms with E-state index < -0.39 is 18.6 Å². The molecular formula is C20H28N2O3. The van der Waals surface area contributed by atoms with Crippen LogP contribution in [0.4, 0.5) is 0 Å². The summed E-state index contributed by atoms with van der Waals surface area (Å²) in [6.45, 7) is -0.413. The van der Waals surface area contributed by atoms with E-state index in [1.54, 1.807) is 6.08 Å². The van der Waals surface area contributed by atoms with Crippen molar-refractivity contribution in [3.63, 3.8) is 0 Å². The van der Waals surface area contributed by atoms with Gasteiger partial charge in [-0.25, -0.2) is 0 Å². The zero-order valence-corrected chi connectivity index (χ0v) is 14.6. The molecule has 0 saturated heterocycles. The van der Waals surface area contributed by atoms with Gasteiger partial charge in [0.05, 0.1) is 6.61 Å². The first-order valence-corrected chi connectivity index (χ1v) is 9.14. The summed E-state index contributed by atoms with van der Waals surface area (Å²) in [5.41, 5.74) is 0.900. The molecule has 0 aliphatic heterocycles. The zero-order chi connectivity index (χ0) is 17.9. The van der Waals surface area contributed by atoms with Crippen LogP contribution in [0.3, 0.4) is 0 Å². The van der Waals surface area contributed by atoms with E-state index in [-0.39, 0.29) is 11.9 Å². The Morgan fingerprint density at radius 3 is 2.36 bits per heavy atom. The summed E-state index contributed by atoms with van der Waals surface area (Å²) in [6.07, 6.45) is 10.9. The molecule has 1 aliphatic carbocycles. The first-order chi connectivity index (χ1) is 12.2. The highest BCUT2D eigenvalue weighted by atomic mass is 16.3. The van der Waals surface area contributed by atoms with Gasteiger partial charge in [-0.05, 0) is 24.5 Å². The van der Waals surface area contributed by atoms with Gasteiger partial charge in [0.1, 0.15) is 6.04 Å². The molecule has 3 N–H and O–H groups in total. The number of rotatable bonds is 6. The first-order valence-electron chi connectivity index (χ1n) is 9.14. The number of hydrogen-bond donors (Lipinski definition) is 3. The molecule has 25 heavy (non-hydrogen) atoms. The second-order valence-electron chi connectivity index (χ2n) is 6.54. The molecule has 5 nitrogen and oxygen atoms in total. The molecule has 0 spiro atoms. The van der Waals surface area contributed by atoms with Crippen LogP contribution in [0.15, 0.2) is 36.4 Å². The smallest absolute Gasteiger partial charge is 0.245 e. The van der Waals surface area contributed by atoms with E-state index >= 15 is 0 Å². The highest BCUT2D eigenvalue weighted by molar-refractivity contribution is 5.95. The minimum Gasteiger partial charge on any atom is -0.394 e. The number of aliphatic hydroxyl groups is 1. The van der Waals surface area contributed by atoms with Gasteiger partial charge in [-0.15, -0.1) is 0 Å². The number of aliphatic hydroxyl groups excluding tert-OH is 1. The largest absolute Gasteiger partial charge is 0.394 e. The SMILES string of the molecule is O=C(C=Cc1ccccc1)NC(CO)C(=O)NC1CCCCCCC1. The molecule has 0 aromatic heterocycles. The molecule has 2 amide bonds. The van der Waals surface area contributed by atoms with Gasteiger partial charge >= 0.3 is 0 Å². The first kappa shape index (κ1) is 19.2. The van der Waals surface area contributed by atoms with Crippen LogP contribution in [-0.2, 0) is 9.59 Å². The molecule has 2 rings (SSSR count). The number of amides is 2. The number of carbonyl (C=O) groups excluding carboxylic acids is 2. The summed E-state index contributed by atoms with van der Waals surface area (Å²) < 4.78 is 0. The van der Waals surface area contributed by atoms with Crippen LogP contribution in [0.5, 0.6) is 0 Å². The van der Waals surface area contributed by atoms with Gasteiger partial charge in [-0.1, -0.05) is 62.4 Å². The van der Waals surface area contributed by atoms with E-state index in [0.29, 0.717) is 0 Å². The zero-order valence-electron chi connectivity index (χ0n) is 14.6. The van der Waals surface area contributed by atoms with Crippen LogP contribution in [-0.4, -0.2) is 35.6 Å². The topological polar surface area (TPSA) is 78.4 Å². The predicted molar refractivity (Wildman–Crippen MR) is 98.7 cm³/mol. The Bertz CT molecular complexity index is 564. The molecular weight excluding hydrogens is 316 g/mol. The Morgan fingerprint density at radius 2 is 1.72 bits per heavy atom. The quantitative estimate of drug-likeness (QED) is 0.694. The summed E-state index contributed by atoms with van der Waals surface area (Å²) in [5, 5.41) is 15.0. The normalized spacial score (nSPS) is 17.5. The van der Waals surface area contributed by atoms with Gasteiger partial charge in [0, 0.05) is 12.1 Å². The fraction of sp³-hybridized carbons (Fsp3) is 0.500. The number of benzene rings is 1. The minimum absolute atomic E-state index is 0.138. The van der Waals surface area contributed by atoms with E-state index in [9.17, 15) is 14.7 Å². The van der Waals surface area contributed by atoms with Gasteiger partial charge in [-0.2, -0.15) is 0 Å². The lowest BCUT2D eigenvalue weighted by Gasteiger charge is -2.23. The molecule has 1 unspecified atom stereocenters. The molecule has 5 heteroatoms. The Balaban J connectivity index is 1.84. The van der Waals surface area contributed by atoms with Crippen LogP contribution in [0, 0.1) is 0 Å². The van der Waals surface area contributed by atoms with Crippen LogP contribution in [0.2, 0.25) is 0 Å².